The third-order valence-electron chi connectivity index (χ3n) is 4.86. The molecule has 29 heavy (non-hydrogen) atoms. The number of carbonyl (C=O) groups is 3. The van der Waals surface area contributed by atoms with Gasteiger partial charge in [0.25, 0.3) is 5.91 Å². The van der Waals surface area contributed by atoms with Gasteiger partial charge in [-0.1, -0.05) is 42.8 Å². The van der Waals surface area contributed by atoms with Crippen molar-refractivity contribution in [3.05, 3.63) is 64.7 Å². The lowest BCUT2D eigenvalue weighted by atomic mass is 10.1. The third-order valence-corrected chi connectivity index (χ3v) is 5.12. The lowest BCUT2D eigenvalue weighted by Gasteiger charge is -2.17. The SMILES string of the molecule is CCc1ccc(N2C[C@H](C(=O)OCC(=O)NCc3ccc(Cl)cc3)CC2=O)cc1. The number of hydrogen-bond donors (Lipinski definition) is 1. The first-order chi connectivity index (χ1) is 14.0. The number of benzene rings is 2. The largest absolute Gasteiger partial charge is 0.455 e. The molecular formula is C22H23ClN2O4. The van der Waals surface area contributed by atoms with Gasteiger partial charge in [-0.25, -0.2) is 0 Å². The van der Waals surface area contributed by atoms with Crippen LogP contribution in [0.2, 0.25) is 5.02 Å². The number of nitrogens with zero attached hydrogens (tertiary/aromatic N) is 1. The van der Waals surface area contributed by atoms with Crippen LogP contribution < -0.4 is 10.2 Å². The van der Waals surface area contributed by atoms with Gasteiger partial charge in [0.1, 0.15) is 0 Å². The normalized spacial score (nSPS) is 16.0. The molecular weight excluding hydrogens is 392 g/mol. The predicted molar refractivity (Wildman–Crippen MR) is 111 cm³/mol. The van der Waals surface area contributed by atoms with E-state index in [1.807, 2.05) is 24.3 Å². The molecule has 0 spiro atoms. The van der Waals surface area contributed by atoms with Gasteiger partial charge in [0, 0.05) is 30.2 Å². The van der Waals surface area contributed by atoms with Gasteiger partial charge in [-0.2, -0.15) is 0 Å². The van der Waals surface area contributed by atoms with Crippen molar-refractivity contribution in [1.29, 1.82) is 0 Å². The Labute approximate surface area is 174 Å². The molecule has 1 heterocycles. The second-order valence-electron chi connectivity index (χ2n) is 6.94. The average Bonchev–Trinajstić information content (AvgIpc) is 3.13. The third kappa shape index (κ3) is 5.57. The van der Waals surface area contributed by atoms with Crippen LogP contribution in [0, 0.1) is 5.92 Å². The summed E-state index contributed by atoms with van der Waals surface area (Å²) in [7, 11) is 0. The maximum Gasteiger partial charge on any atom is 0.311 e. The minimum atomic E-state index is -0.572. The summed E-state index contributed by atoms with van der Waals surface area (Å²) in [6.07, 6.45) is 1.00. The molecule has 1 N–H and O–H groups in total. The Hall–Kier alpha value is -2.86. The molecule has 1 fully saturated rings. The van der Waals surface area contributed by atoms with E-state index < -0.39 is 17.8 Å². The van der Waals surface area contributed by atoms with Gasteiger partial charge in [0.15, 0.2) is 6.61 Å². The van der Waals surface area contributed by atoms with Crippen LogP contribution in [0.1, 0.15) is 24.5 Å². The smallest absolute Gasteiger partial charge is 0.311 e. The Kier molecular flexibility index (Phi) is 6.88. The highest BCUT2D eigenvalue weighted by Gasteiger charge is 2.36. The van der Waals surface area contributed by atoms with Crippen molar-refractivity contribution in [2.24, 2.45) is 5.92 Å². The van der Waals surface area contributed by atoms with Crippen LogP contribution in [0.25, 0.3) is 0 Å². The highest BCUT2D eigenvalue weighted by Crippen LogP contribution is 2.26. The molecule has 2 aromatic rings. The molecule has 1 aliphatic heterocycles. The van der Waals surface area contributed by atoms with Gasteiger partial charge in [-0.15, -0.1) is 0 Å². The first kappa shape index (κ1) is 20.9. The Morgan fingerprint density at radius 2 is 1.76 bits per heavy atom. The number of aryl methyl sites for hydroxylation is 1. The summed E-state index contributed by atoms with van der Waals surface area (Å²) in [6, 6.07) is 14.8. The summed E-state index contributed by atoms with van der Waals surface area (Å²) in [5, 5.41) is 3.30. The number of amides is 2. The minimum Gasteiger partial charge on any atom is -0.455 e. The van der Waals surface area contributed by atoms with Crippen LogP contribution in [0.4, 0.5) is 5.69 Å². The fraction of sp³-hybridized carbons (Fsp3) is 0.318. The van der Waals surface area contributed by atoms with Gasteiger partial charge < -0.3 is 15.0 Å². The van der Waals surface area contributed by atoms with E-state index >= 15 is 0 Å². The summed E-state index contributed by atoms with van der Waals surface area (Å²) >= 11 is 5.82. The molecule has 3 rings (SSSR count). The summed E-state index contributed by atoms with van der Waals surface area (Å²) in [4.78, 5) is 38.1. The topological polar surface area (TPSA) is 75.7 Å². The van der Waals surface area contributed by atoms with Crippen LogP contribution in [-0.2, 0) is 32.1 Å². The van der Waals surface area contributed by atoms with Crippen molar-refractivity contribution < 1.29 is 19.1 Å². The molecule has 1 atom stereocenters. The first-order valence-corrected chi connectivity index (χ1v) is 9.91. The molecule has 7 heteroatoms. The van der Waals surface area contributed by atoms with Crippen molar-refractivity contribution >= 4 is 35.1 Å². The van der Waals surface area contributed by atoms with E-state index in [0.717, 1.165) is 17.7 Å². The quantitative estimate of drug-likeness (QED) is 0.706. The van der Waals surface area contributed by atoms with Crippen molar-refractivity contribution in [1.82, 2.24) is 5.32 Å². The number of ether oxygens (including phenoxy) is 1. The van der Waals surface area contributed by atoms with Gasteiger partial charge >= 0.3 is 5.97 Å². The number of esters is 1. The number of nitrogens with one attached hydrogen (secondary N) is 1. The molecule has 2 amide bonds. The van der Waals surface area contributed by atoms with Crippen molar-refractivity contribution in [2.45, 2.75) is 26.3 Å². The van der Waals surface area contributed by atoms with Crippen LogP contribution in [0.3, 0.4) is 0 Å². The summed E-state index contributed by atoms with van der Waals surface area (Å²) in [6.45, 7) is 2.27. The van der Waals surface area contributed by atoms with E-state index in [-0.39, 0.29) is 25.5 Å². The molecule has 0 aromatic heterocycles. The van der Waals surface area contributed by atoms with E-state index in [9.17, 15) is 14.4 Å². The van der Waals surface area contributed by atoms with Crippen LogP contribution in [0.15, 0.2) is 48.5 Å². The van der Waals surface area contributed by atoms with Gasteiger partial charge in [-0.3, -0.25) is 14.4 Å². The van der Waals surface area contributed by atoms with Crippen LogP contribution in [0.5, 0.6) is 0 Å². The molecule has 0 aliphatic carbocycles. The second-order valence-corrected chi connectivity index (χ2v) is 7.37. The molecule has 6 nitrogen and oxygen atoms in total. The molecule has 0 radical (unpaired) electrons. The molecule has 0 saturated carbocycles. The van der Waals surface area contributed by atoms with E-state index in [1.165, 1.54) is 5.56 Å². The summed E-state index contributed by atoms with van der Waals surface area (Å²) in [5.41, 5.74) is 2.84. The number of hydrogen-bond acceptors (Lipinski definition) is 4. The number of halogens is 1. The molecule has 0 bridgehead atoms. The van der Waals surface area contributed by atoms with Crippen molar-refractivity contribution in [3.63, 3.8) is 0 Å². The maximum atomic E-state index is 12.3. The molecule has 0 unspecified atom stereocenters. The van der Waals surface area contributed by atoms with Gasteiger partial charge in [-0.05, 0) is 41.8 Å². The zero-order chi connectivity index (χ0) is 20.8. The fourth-order valence-electron chi connectivity index (χ4n) is 3.14. The Morgan fingerprint density at radius 1 is 1.10 bits per heavy atom. The fourth-order valence-corrected chi connectivity index (χ4v) is 3.26. The molecule has 1 saturated heterocycles. The highest BCUT2D eigenvalue weighted by molar-refractivity contribution is 6.30. The minimum absolute atomic E-state index is 0.0841. The van der Waals surface area contributed by atoms with Crippen molar-refractivity contribution in [3.8, 4) is 0 Å². The van der Waals surface area contributed by atoms with E-state index in [2.05, 4.69) is 12.2 Å². The highest BCUT2D eigenvalue weighted by atomic mass is 35.5. The predicted octanol–water partition coefficient (Wildman–Crippen LogP) is 3.11. The maximum absolute atomic E-state index is 12.3. The second kappa shape index (κ2) is 9.56. The van der Waals surface area contributed by atoms with E-state index in [0.29, 0.717) is 11.6 Å². The van der Waals surface area contributed by atoms with E-state index in [4.69, 9.17) is 16.3 Å². The Balaban J connectivity index is 1.46. The Bertz CT molecular complexity index is 881. The molecule has 152 valence electrons. The zero-order valence-corrected chi connectivity index (χ0v) is 16.9. The van der Waals surface area contributed by atoms with Crippen molar-refractivity contribution in [2.75, 3.05) is 18.1 Å². The first-order valence-electron chi connectivity index (χ1n) is 9.53. The zero-order valence-electron chi connectivity index (χ0n) is 16.2. The summed E-state index contributed by atoms with van der Waals surface area (Å²) in [5.74, 6) is -1.63. The van der Waals surface area contributed by atoms with Crippen LogP contribution >= 0.6 is 11.6 Å². The lowest BCUT2D eigenvalue weighted by Crippen LogP contribution is -2.31. The standard InChI is InChI=1S/C22H23ClN2O4/c1-2-15-5-9-19(10-6-15)25-13-17(11-21(25)27)22(28)29-14-20(26)24-12-16-3-7-18(23)8-4-16/h3-10,17H,2,11-14H2,1H3,(H,24,26)/t17-/m1/s1. The average molecular weight is 415 g/mol. The Morgan fingerprint density at radius 3 is 2.41 bits per heavy atom. The molecule has 2 aromatic carbocycles. The number of carbonyl (C=O) groups excluding carboxylic acids is 3. The summed E-state index contributed by atoms with van der Waals surface area (Å²) < 4.78 is 5.11. The number of anilines is 1. The number of rotatable bonds is 7. The molecule has 1 aliphatic rings. The monoisotopic (exact) mass is 414 g/mol. The van der Waals surface area contributed by atoms with Crippen LogP contribution in [-0.4, -0.2) is 30.9 Å². The van der Waals surface area contributed by atoms with E-state index in [1.54, 1.807) is 29.2 Å². The van der Waals surface area contributed by atoms with Gasteiger partial charge in [0.2, 0.25) is 5.91 Å². The lowest BCUT2D eigenvalue weighted by molar-refractivity contribution is -0.152. The van der Waals surface area contributed by atoms with Gasteiger partial charge in [0.05, 0.1) is 5.92 Å².